The predicted molar refractivity (Wildman–Crippen MR) is 306 cm³/mol. The molecule has 0 spiro atoms. The highest BCUT2D eigenvalue weighted by atomic mass is 16.6. The zero-order chi connectivity index (χ0) is 51.4. The van der Waals surface area contributed by atoms with Gasteiger partial charge in [0.2, 0.25) is 0 Å². The van der Waals surface area contributed by atoms with Crippen LogP contribution in [0.4, 0.5) is 0 Å². The van der Waals surface area contributed by atoms with Gasteiger partial charge in [0.25, 0.3) is 0 Å². The van der Waals surface area contributed by atoms with E-state index in [1.54, 1.807) is 0 Å². The van der Waals surface area contributed by atoms with Gasteiger partial charge in [0.1, 0.15) is 13.2 Å². The molecule has 0 aliphatic heterocycles. The van der Waals surface area contributed by atoms with E-state index in [1.807, 2.05) is 0 Å². The molecule has 398 valence electrons. The summed E-state index contributed by atoms with van der Waals surface area (Å²) in [4.78, 5) is 38.1. The molecule has 0 unspecified atom stereocenters. The van der Waals surface area contributed by atoms with Crippen LogP contribution in [-0.2, 0) is 28.6 Å². The number of hydrogen-bond donors (Lipinski definition) is 0. The first-order chi connectivity index (χ1) is 35.0. The summed E-state index contributed by atoms with van der Waals surface area (Å²) in [5.74, 6) is -1.04. The Kier molecular flexibility index (Phi) is 54.0. The van der Waals surface area contributed by atoms with Gasteiger partial charge in [-0.25, -0.2) is 0 Å². The van der Waals surface area contributed by atoms with Crippen molar-refractivity contribution in [2.24, 2.45) is 0 Å². The van der Waals surface area contributed by atoms with Crippen molar-refractivity contribution in [3.8, 4) is 0 Å². The van der Waals surface area contributed by atoms with Crippen molar-refractivity contribution in [1.82, 2.24) is 0 Å². The SMILES string of the molecule is CC/C=C\C/C=C\C/C=C\C/C=C\C/C=C\CCCCCC(=O)O[C@@H](COC(=O)CCC/C=C\C/C=C\C/C=C\CCCCCCCC)COC(=O)CCCCCC/C=C\C/C=C\C/C=C\C/C=C\CC. The first-order valence-corrected chi connectivity index (χ1v) is 28.3. The Morgan fingerprint density at radius 3 is 0.930 bits per heavy atom. The highest BCUT2D eigenvalue weighted by Crippen LogP contribution is 2.12. The van der Waals surface area contributed by atoms with E-state index in [-0.39, 0.29) is 44.0 Å². The third-order valence-electron chi connectivity index (χ3n) is 11.3. The van der Waals surface area contributed by atoms with Crippen LogP contribution in [0.1, 0.15) is 226 Å². The number of hydrogen-bond acceptors (Lipinski definition) is 6. The number of esters is 3. The third kappa shape index (κ3) is 56.1. The van der Waals surface area contributed by atoms with Crippen LogP contribution < -0.4 is 0 Å². The minimum atomic E-state index is -0.833. The minimum absolute atomic E-state index is 0.126. The Bertz CT molecular complexity index is 1590. The fraction of sp³-hybridized carbons (Fsp3) is 0.585. The number of unbranched alkanes of at least 4 members (excludes halogenated alkanes) is 14. The summed E-state index contributed by atoms with van der Waals surface area (Å²) in [6, 6.07) is 0. The van der Waals surface area contributed by atoms with Crippen LogP contribution in [0.5, 0.6) is 0 Å². The van der Waals surface area contributed by atoms with E-state index in [2.05, 4.69) is 167 Å². The van der Waals surface area contributed by atoms with E-state index in [0.29, 0.717) is 19.3 Å². The van der Waals surface area contributed by atoms with Gasteiger partial charge in [0.15, 0.2) is 6.10 Å². The van der Waals surface area contributed by atoms with Crippen LogP contribution in [0.2, 0.25) is 0 Å². The summed E-state index contributed by atoms with van der Waals surface area (Å²) in [6.45, 7) is 6.30. The Morgan fingerprint density at radius 1 is 0.296 bits per heavy atom. The van der Waals surface area contributed by atoms with Crippen molar-refractivity contribution in [1.29, 1.82) is 0 Å². The van der Waals surface area contributed by atoms with Gasteiger partial charge in [0.05, 0.1) is 0 Å². The molecule has 0 fully saturated rings. The Labute approximate surface area is 436 Å². The molecular weight excluding hydrogens is 877 g/mol. The lowest BCUT2D eigenvalue weighted by Gasteiger charge is -2.18. The van der Waals surface area contributed by atoms with Crippen LogP contribution in [0.25, 0.3) is 0 Å². The second-order valence-electron chi connectivity index (χ2n) is 18.1. The van der Waals surface area contributed by atoms with E-state index >= 15 is 0 Å². The van der Waals surface area contributed by atoms with Crippen molar-refractivity contribution in [3.63, 3.8) is 0 Å². The molecule has 0 saturated carbocycles. The zero-order valence-corrected chi connectivity index (χ0v) is 45.4. The molecule has 6 nitrogen and oxygen atoms in total. The van der Waals surface area contributed by atoms with E-state index < -0.39 is 6.10 Å². The highest BCUT2D eigenvalue weighted by molar-refractivity contribution is 5.71. The maximum absolute atomic E-state index is 12.9. The molecule has 0 rings (SSSR count). The second-order valence-corrected chi connectivity index (χ2v) is 18.1. The topological polar surface area (TPSA) is 78.9 Å². The van der Waals surface area contributed by atoms with Gasteiger partial charge in [-0.3, -0.25) is 14.4 Å². The predicted octanol–water partition coefficient (Wildman–Crippen LogP) is 19.2. The van der Waals surface area contributed by atoms with Crippen LogP contribution in [0.3, 0.4) is 0 Å². The molecule has 0 aromatic rings. The van der Waals surface area contributed by atoms with Crippen LogP contribution in [-0.4, -0.2) is 37.2 Å². The molecule has 0 aliphatic carbocycles. The fourth-order valence-electron chi connectivity index (χ4n) is 7.12. The third-order valence-corrected chi connectivity index (χ3v) is 11.3. The first kappa shape index (κ1) is 66.3. The molecule has 0 aromatic carbocycles. The van der Waals surface area contributed by atoms with Crippen molar-refractivity contribution in [2.75, 3.05) is 13.2 Å². The Hall–Kier alpha value is -4.71. The standard InChI is InChI=1S/C65H102O6/c1-4-7-10-13-16-19-22-25-28-31-32-35-38-41-44-47-50-53-56-59-65(68)71-62(60-69-63(66)57-54-51-48-45-42-39-36-33-29-26-23-20-17-14-11-8-5-2)61-70-64(67)58-55-52-49-46-43-40-37-34-30-27-24-21-18-15-12-9-6-3/h7-8,10-11,16-17,19-20,25-30,32,35-37,39-41,44,46,49,62H,4-6,9,12-15,18,21-24,31,33-34,38,42-43,45,47-48,50-61H2,1-3H3/b10-7-,11-8-,19-16-,20-17-,28-25-,29-26-,30-27-,35-32-,39-36-,40-37-,44-41-,49-46-/t62-/m1/s1. The van der Waals surface area contributed by atoms with E-state index in [0.717, 1.165) is 128 Å². The summed E-state index contributed by atoms with van der Waals surface area (Å²) in [6.07, 6.45) is 82.7. The molecule has 0 aliphatic rings. The molecule has 0 aromatic heterocycles. The van der Waals surface area contributed by atoms with Crippen LogP contribution in [0.15, 0.2) is 146 Å². The lowest BCUT2D eigenvalue weighted by molar-refractivity contribution is -0.167. The normalized spacial score (nSPS) is 13.2. The Morgan fingerprint density at radius 2 is 0.563 bits per heavy atom. The van der Waals surface area contributed by atoms with Gasteiger partial charge in [-0.15, -0.1) is 0 Å². The monoisotopic (exact) mass is 979 g/mol. The van der Waals surface area contributed by atoms with E-state index in [4.69, 9.17) is 14.2 Å². The van der Waals surface area contributed by atoms with E-state index in [1.165, 1.54) is 44.9 Å². The smallest absolute Gasteiger partial charge is 0.306 e. The molecule has 0 saturated heterocycles. The van der Waals surface area contributed by atoms with Gasteiger partial charge in [-0.1, -0.05) is 218 Å². The molecule has 0 bridgehead atoms. The average molecular weight is 980 g/mol. The summed E-state index contributed by atoms with van der Waals surface area (Å²) in [7, 11) is 0. The first-order valence-electron chi connectivity index (χ1n) is 28.3. The minimum Gasteiger partial charge on any atom is -0.462 e. The van der Waals surface area contributed by atoms with Crippen LogP contribution in [0, 0.1) is 0 Å². The summed E-state index contributed by atoms with van der Waals surface area (Å²) < 4.78 is 16.8. The molecule has 1 atom stereocenters. The highest BCUT2D eigenvalue weighted by Gasteiger charge is 2.19. The second kappa shape index (κ2) is 57.9. The van der Waals surface area contributed by atoms with Crippen molar-refractivity contribution >= 4 is 17.9 Å². The summed E-state index contributed by atoms with van der Waals surface area (Å²) in [5.41, 5.74) is 0. The lowest BCUT2D eigenvalue weighted by Crippen LogP contribution is -2.30. The maximum atomic E-state index is 12.9. The molecular formula is C65H102O6. The number of rotatable bonds is 49. The zero-order valence-electron chi connectivity index (χ0n) is 45.4. The summed E-state index contributed by atoms with van der Waals surface area (Å²) >= 11 is 0. The van der Waals surface area contributed by atoms with Crippen molar-refractivity contribution < 1.29 is 28.6 Å². The average Bonchev–Trinajstić information content (AvgIpc) is 3.37. The van der Waals surface area contributed by atoms with Gasteiger partial charge in [0, 0.05) is 19.3 Å². The fourth-order valence-corrected chi connectivity index (χ4v) is 7.12. The largest absolute Gasteiger partial charge is 0.462 e. The van der Waals surface area contributed by atoms with Crippen LogP contribution >= 0.6 is 0 Å². The number of allylic oxidation sites excluding steroid dienone is 24. The lowest BCUT2D eigenvalue weighted by atomic mass is 10.1. The number of carbonyl (C=O) groups excluding carboxylic acids is 3. The molecule has 6 heteroatoms. The Balaban J connectivity index is 4.60. The summed E-state index contributed by atoms with van der Waals surface area (Å²) in [5, 5.41) is 0. The van der Waals surface area contributed by atoms with Gasteiger partial charge in [-0.2, -0.15) is 0 Å². The van der Waals surface area contributed by atoms with E-state index in [9.17, 15) is 14.4 Å². The van der Waals surface area contributed by atoms with Gasteiger partial charge in [-0.05, 0) is 135 Å². The maximum Gasteiger partial charge on any atom is 0.306 e. The molecule has 0 heterocycles. The quantitative estimate of drug-likeness (QED) is 0.0262. The molecule has 0 radical (unpaired) electrons. The molecule has 0 amide bonds. The number of carbonyl (C=O) groups is 3. The van der Waals surface area contributed by atoms with Crippen molar-refractivity contribution in [2.45, 2.75) is 232 Å². The van der Waals surface area contributed by atoms with Gasteiger partial charge >= 0.3 is 17.9 Å². The number of ether oxygens (including phenoxy) is 3. The molecule has 71 heavy (non-hydrogen) atoms. The van der Waals surface area contributed by atoms with Gasteiger partial charge < -0.3 is 14.2 Å². The molecule has 0 N–H and O–H groups in total. The van der Waals surface area contributed by atoms with Crippen molar-refractivity contribution in [3.05, 3.63) is 146 Å².